The highest BCUT2D eigenvalue weighted by atomic mass is 17.0. The van der Waals surface area contributed by atoms with E-state index in [4.69, 9.17) is 10.5 Å². The molecule has 3 aliphatic rings. The van der Waals surface area contributed by atoms with E-state index in [9.17, 15) is 9.90 Å². The van der Waals surface area contributed by atoms with Crippen LogP contribution in [-0.2, 0) is 4.79 Å². The van der Waals surface area contributed by atoms with Crippen molar-refractivity contribution in [3.8, 4) is 0 Å². The Morgan fingerprint density at radius 1 is 1.25 bits per heavy atom. The van der Waals surface area contributed by atoms with Crippen molar-refractivity contribution in [2.75, 3.05) is 0 Å². The molecule has 0 aromatic rings. The molecule has 136 valence electrons. The standard InChI is InChI=1S/C20H30O2.H2O2/c1-13(2)14-6-8-16-15(12-14)7-9-17-19(16,3)10-5-11-20(17,4)18(21)22;1-2/h7,12-13,16-17H,5-6,8-11H2,1-4H3,(H,21,22);1-2H/t16-,17?,19+,20+;/m0./s1. The molecule has 24 heavy (non-hydrogen) atoms. The monoisotopic (exact) mass is 336 g/mol. The van der Waals surface area contributed by atoms with Crippen LogP contribution in [0.1, 0.15) is 66.2 Å². The van der Waals surface area contributed by atoms with Gasteiger partial charge in [0, 0.05) is 0 Å². The number of carboxylic acids is 1. The zero-order valence-corrected chi connectivity index (χ0v) is 15.4. The molecule has 4 atom stereocenters. The van der Waals surface area contributed by atoms with Crippen LogP contribution in [0.3, 0.4) is 0 Å². The molecule has 0 bridgehead atoms. The SMILES string of the molecule is CC(C)C1=CC2=CCC3[C@](C)(C(=O)O)CCC[C@]3(C)[C@H]2CC1.OO. The van der Waals surface area contributed by atoms with Gasteiger partial charge in [-0.3, -0.25) is 15.3 Å². The van der Waals surface area contributed by atoms with Gasteiger partial charge in [-0.1, -0.05) is 44.9 Å². The summed E-state index contributed by atoms with van der Waals surface area (Å²) in [7, 11) is 0. The number of hydrogen-bond donors (Lipinski definition) is 3. The van der Waals surface area contributed by atoms with Crippen LogP contribution >= 0.6 is 0 Å². The Labute approximate surface area is 145 Å². The third-order valence-corrected chi connectivity index (χ3v) is 7.07. The average molecular weight is 336 g/mol. The predicted molar refractivity (Wildman–Crippen MR) is 94.8 cm³/mol. The van der Waals surface area contributed by atoms with Crippen molar-refractivity contribution < 1.29 is 20.4 Å². The molecule has 1 unspecified atom stereocenters. The zero-order chi connectivity index (χ0) is 18.1. The average Bonchev–Trinajstić information content (AvgIpc) is 2.56. The lowest BCUT2D eigenvalue weighted by Gasteiger charge is -2.57. The second-order valence-corrected chi connectivity index (χ2v) is 8.54. The third kappa shape index (κ3) is 2.95. The Bertz CT molecular complexity index is 548. The number of rotatable bonds is 2. The molecule has 3 rings (SSSR count). The van der Waals surface area contributed by atoms with Crippen LogP contribution in [0.25, 0.3) is 0 Å². The highest BCUT2D eigenvalue weighted by Crippen LogP contribution is 2.62. The largest absolute Gasteiger partial charge is 0.481 e. The van der Waals surface area contributed by atoms with Crippen molar-refractivity contribution in [1.29, 1.82) is 0 Å². The maximum Gasteiger partial charge on any atom is 0.309 e. The van der Waals surface area contributed by atoms with Gasteiger partial charge >= 0.3 is 5.97 Å². The molecule has 0 spiro atoms. The number of aliphatic carboxylic acids is 1. The van der Waals surface area contributed by atoms with E-state index in [1.165, 1.54) is 24.8 Å². The summed E-state index contributed by atoms with van der Waals surface area (Å²) >= 11 is 0. The Kier molecular flexibility index (Phi) is 5.61. The summed E-state index contributed by atoms with van der Waals surface area (Å²) in [6.45, 7) is 8.93. The van der Waals surface area contributed by atoms with Crippen molar-refractivity contribution in [3.63, 3.8) is 0 Å². The minimum atomic E-state index is -0.588. The van der Waals surface area contributed by atoms with Crippen molar-refractivity contribution in [2.45, 2.75) is 66.2 Å². The quantitative estimate of drug-likeness (QED) is 0.477. The van der Waals surface area contributed by atoms with Gasteiger partial charge in [0.2, 0.25) is 0 Å². The topological polar surface area (TPSA) is 77.8 Å². The first-order valence-electron chi connectivity index (χ1n) is 9.13. The summed E-state index contributed by atoms with van der Waals surface area (Å²) in [6, 6.07) is 0. The van der Waals surface area contributed by atoms with E-state index in [0.717, 1.165) is 19.3 Å². The fourth-order valence-electron chi connectivity index (χ4n) is 5.60. The summed E-state index contributed by atoms with van der Waals surface area (Å²) in [4.78, 5) is 11.9. The number of carbonyl (C=O) groups is 1. The summed E-state index contributed by atoms with van der Waals surface area (Å²) in [5.41, 5.74) is 2.69. The normalized spacial score (nSPS) is 38.1. The van der Waals surface area contributed by atoms with Gasteiger partial charge in [0.05, 0.1) is 5.41 Å². The lowest BCUT2D eigenvalue weighted by molar-refractivity contribution is -0.176. The van der Waals surface area contributed by atoms with Gasteiger partial charge in [0.1, 0.15) is 0 Å². The molecular formula is C20H32O4. The van der Waals surface area contributed by atoms with E-state index < -0.39 is 11.4 Å². The van der Waals surface area contributed by atoms with Gasteiger partial charge in [-0.25, -0.2) is 0 Å². The van der Waals surface area contributed by atoms with Gasteiger partial charge < -0.3 is 5.11 Å². The third-order valence-electron chi connectivity index (χ3n) is 7.07. The van der Waals surface area contributed by atoms with Gasteiger partial charge in [-0.2, -0.15) is 0 Å². The molecule has 0 aliphatic heterocycles. The highest BCUT2D eigenvalue weighted by molar-refractivity contribution is 5.75. The molecule has 3 aliphatic carbocycles. The smallest absolute Gasteiger partial charge is 0.309 e. The molecule has 0 amide bonds. The van der Waals surface area contributed by atoms with Crippen molar-refractivity contribution in [1.82, 2.24) is 0 Å². The Morgan fingerprint density at radius 3 is 2.50 bits per heavy atom. The molecule has 0 aromatic heterocycles. The summed E-state index contributed by atoms with van der Waals surface area (Å²) in [6.07, 6.45) is 11.2. The molecule has 1 saturated carbocycles. The van der Waals surface area contributed by atoms with E-state index >= 15 is 0 Å². The predicted octanol–water partition coefficient (Wildman–Crippen LogP) is 5.22. The van der Waals surface area contributed by atoms with Crippen LogP contribution < -0.4 is 0 Å². The lowest BCUT2D eigenvalue weighted by Crippen LogP contribution is -2.53. The van der Waals surface area contributed by atoms with Gasteiger partial charge in [-0.05, 0) is 67.8 Å². The van der Waals surface area contributed by atoms with Crippen molar-refractivity contribution in [3.05, 3.63) is 23.3 Å². The Balaban J connectivity index is 0.00000100. The van der Waals surface area contributed by atoms with Crippen LogP contribution in [0.4, 0.5) is 0 Å². The molecule has 4 nitrogen and oxygen atoms in total. The summed E-state index contributed by atoms with van der Waals surface area (Å²) in [5, 5.41) is 21.8. The van der Waals surface area contributed by atoms with E-state index in [0.29, 0.717) is 11.8 Å². The van der Waals surface area contributed by atoms with Crippen LogP contribution in [0, 0.1) is 28.6 Å². The summed E-state index contributed by atoms with van der Waals surface area (Å²) in [5.74, 6) is 0.888. The number of allylic oxidation sites excluding steroid dienone is 4. The van der Waals surface area contributed by atoms with Crippen LogP contribution in [0.5, 0.6) is 0 Å². The van der Waals surface area contributed by atoms with Gasteiger partial charge in [0.25, 0.3) is 0 Å². The summed E-state index contributed by atoms with van der Waals surface area (Å²) < 4.78 is 0. The molecule has 4 heteroatoms. The Hall–Kier alpha value is -1.13. The van der Waals surface area contributed by atoms with Crippen LogP contribution in [0.2, 0.25) is 0 Å². The minimum Gasteiger partial charge on any atom is -0.481 e. The van der Waals surface area contributed by atoms with E-state index in [1.807, 2.05) is 6.92 Å². The fraction of sp³-hybridized carbons (Fsp3) is 0.750. The van der Waals surface area contributed by atoms with Gasteiger partial charge in [-0.15, -0.1) is 0 Å². The number of fused-ring (bicyclic) bond motifs is 3. The van der Waals surface area contributed by atoms with E-state index in [2.05, 4.69) is 32.9 Å². The number of carboxylic acid groups (broad SMARTS) is 1. The van der Waals surface area contributed by atoms with E-state index in [1.54, 1.807) is 5.57 Å². The Morgan fingerprint density at radius 2 is 1.92 bits per heavy atom. The number of hydrogen-bond acceptors (Lipinski definition) is 3. The highest BCUT2D eigenvalue weighted by Gasteiger charge is 2.57. The molecule has 3 N–H and O–H groups in total. The van der Waals surface area contributed by atoms with E-state index in [-0.39, 0.29) is 11.3 Å². The maximum atomic E-state index is 11.9. The molecule has 0 saturated heterocycles. The molecule has 0 aromatic carbocycles. The molecule has 1 fully saturated rings. The molecular weight excluding hydrogens is 304 g/mol. The lowest BCUT2D eigenvalue weighted by atomic mass is 9.47. The maximum absolute atomic E-state index is 11.9. The van der Waals surface area contributed by atoms with Crippen LogP contribution in [0.15, 0.2) is 23.3 Å². The first kappa shape index (κ1) is 19.2. The molecule has 0 heterocycles. The first-order chi connectivity index (χ1) is 11.3. The first-order valence-corrected chi connectivity index (χ1v) is 9.13. The fourth-order valence-corrected chi connectivity index (χ4v) is 5.60. The second-order valence-electron chi connectivity index (χ2n) is 8.54. The molecule has 0 radical (unpaired) electrons. The van der Waals surface area contributed by atoms with Crippen molar-refractivity contribution >= 4 is 5.97 Å². The second kappa shape index (κ2) is 7.01. The minimum absolute atomic E-state index is 0.161. The zero-order valence-electron chi connectivity index (χ0n) is 15.4. The van der Waals surface area contributed by atoms with Crippen molar-refractivity contribution in [2.24, 2.45) is 28.6 Å². The van der Waals surface area contributed by atoms with Crippen LogP contribution in [-0.4, -0.2) is 21.6 Å². The van der Waals surface area contributed by atoms with Gasteiger partial charge in [0.15, 0.2) is 0 Å².